The molecule has 2 aromatic carbocycles. The van der Waals surface area contributed by atoms with Crippen LogP contribution in [0.3, 0.4) is 0 Å². The van der Waals surface area contributed by atoms with Gasteiger partial charge in [-0.1, -0.05) is 36.4 Å². The van der Waals surface area contributed by atoms with Crippen LogP contribution in [-0.4, -0.2) is 38.7 Å². The van der Waals surface area contributed by atoms with Crippen molar-refractivity contribution in [3.8, 4) is 11.5 Å². The lowest BCUT2D eigenvalue weighted by Crippen LogP contribution is -2.26. The van der Waals surface area contributed by atoms with Gasteiger partial charge >= 0.3 is 0 Å². The molecule has 194 valence electrons. The number of ether oxygens (including phenoxy) is 6. The van der Waals surface area contributed by atoms with Gasteiger partial charge in [0.15, 0.2) is 18.9 Å². The summed E-state index contributed by atoms with van der Waals surface area (Å²) in [6.07, 6.45) is 13.3. The molecule has 0 aromatic heterocycles. The Morgan fingerprint density at radius 1 is 0.611 bits per heavy atom. The van der Waals surface area contributed by atoms with Gasteiger partial charge in [-0.25, -0.2) is 0 Å². The zero-order valence-electron chi connectivity index (χ0n) is 21.1. The maximum Gasteiger partial charge on any atom is 0.199 e. The van der Waals surface area contributed by atoms with Gasteiger partial charge in [0.2, 0.25) is 0 Å². The molecule has 0 spiro atoms. The van der Waals surface area contributed by atoms with Crippen molar-refractivity contribution < 1.29 is 28.4 Å². The summed E-state index contributed by atoms with van der Waals surface area (Å²) in [6, 6.07) is 14.5. The van der Waals surface area contributed by atoms with E-state index < -0.39 is 0 Å². The van der Waals surface area contributed by atoms with E-state index in [2.05, 4.69) is 36.4 Å². The van der Waals surface area contributed by atoms with Crippen LogP contribution in [0, 0.1) is 0 Å². The van der Waals surface area contributed by atoms with E-state index in [4.69, 9.17) is 28.4 Å². The molecule has 0 aliphatic carbocycles. The first kappa shape index (κ1) is 25.3. The molecule has 5 rings (SSSR count). The van der Waals surface area contributed by atoms with E-state index >= 15 is 0 Å². The molecule has 0 radical (unpaired) electrons. The summed E-state index contributed by atoms with van der Waals surface area (Å²) in [4.78, 5) is 0. The third-order valence-corrected chi connectivity index (χ3v) is 6.73. The average molecular weight is 495 g/mol. The molecule has 0 amide bonds. The van der Waals surface area contributed by atoms with Crippen molar-refractivity contribution in [3.63, 3.8) is 0 Å². The van der Waals surface area contributed by atoms with Crippen LogP contribution in [0.1, 0.15) is 74.5 Å². The summed E-state index contributed by atoms with van der Waals surface area (Å²) in [5.74, 6) is 1.51. The Hall–Kier alpha value is -2.38. The van der Waals surface area contributed by atoms with Gasteiger partial charge in [-0.2, -0.15) is 0 Å². The minimum atomic E-state index is -0.203. The lowest BCUT2D eigenvalue weighted by atomic mass is 10.1. The van der Waals surface area contributed by atoms with E-state index in [1.165, 1.54) is 6.42 Å². The van der Waals surface area contributed by atoms with Gasteiger partial charge in [-0.3, -0.25) is 0 Å². The number of rotatable bonds is 9. The van der Waals surface area contributed by atoms with E-state index in [1.807, 2.05) is 18.2 Å². The molecule has 6 heteroatoms. The topological polar surface area (TPSA) is 55.4 Å². The van der Waals surface area contributed by atoms with Crippen molar-refractivity contribution in [3.05, 3.63) is 59.2 Å². The maximum absolute atomic E-state index is 6.17. The second kappa shape index (κ2) is 13.2. The Kier molecular flexibility index (Phi) is 9.30. The largest absolute Gasteiger partial charge is 0.465 e. The Morgan fingerprint density at radius 2 is 1.14 bits per heavy atom. The Morgan fingerprint density at radius 3 is 1.67 bits per heavy atom. The Bertz CT molecular complexity index is 916. The van der Waals surface area contributed by atoms with Gasteiger partial charge in [-0.15, -0.1) is 0 Å². The van der Waals surface area contributed by atoms with Crippen LogP contribution in [0.2, 0.25) is 0 Å². The first-order chi connectivity index (χ1) is 17.8. The zero-order valence-corrected chi connectivity index (χ0v) is 21.1. The molecule has 36 heavy (non-hydrogen) atoms. The van der Waals surface area contributed by atoms with E-state index in [0.29, 0.717) is 6.61 Å². The monoisotopic (exact) mass is 494 g/mol. The second-order valence-electron chi connectivity index (χ2n) is 9.75. The third kappa shape index (κ3) is 7.81. The summed E-state index contributed by atoms with van der Waals surface area (Å²) in [5.41, 5.74) is 3.27. The number of hydrogen-bond acceptors (Lipinski definition) is 6. The van der Waals surface area contributed by atoms with Gasteiger partial charge in [0.05, 0.1) is 19.8 Å². The molecule has 3 aliphatic heterocycles. The maximum atomic E-state index is 6.17. The van der Waals surface area contributed by atoms with Crippen molar-refractivity contribution in [1.29, 1.82) is 0 Å². The number of hydrogen-bond donors (Lipinski definition) is 0. The van der Waals surface area contributed by atoms with Crippen molar-refractivity contribution >= 4 is 12.2 Å². The first-order valence-electron chi connectivity index (χ1n) is 13.5. The van der Waals surface area contributed by atoms with Crippen molar-refractivity contribution in [1.82, 2.24) is 0 Å². The van der Waals surface area contributed by atoms with Crippen LogP contribution in [0.25, 0.3) is 12.2 Å². The number of benzene rings is 2. The molecule has 3 heterocycles. The molecule has 6 nitrogen and oxygen atoms in total. The molecule has 3 fully saturated rings. The summed E-state index contributed by atoms with van der Waals surface area (Å²) in [5, 5.41) is 0. The smallest absolute Gasteiger partial charge is 0.199 e. The normalized spacial score (nSPS) is 25.1. The third-order valence-electron chi connectivity index (χ3n) is 6.73. The Balaban J connectivity index is 1.24. The zero-order chi connectivity index (χ0) is 24.4. The molecular formula is C30H38O6. The highest BCUT2D eigenvalue weighted by molar-refractivity contribution is 5.71. The summed E-state index contributed by atoms with van der Waals surface area (Å²) in [6.45, 7) is 2.87. The van der Waals surface area contributed by atoms with Crippen LogP contribution in [0.15, 0.2) is 42.5 Å². The predicted molar refractivity (Wildman–Crippen MR) is 139 cm³/mol. The Labute approximate surface area is 214 Å². The molecule has 0 saturated carbocycles. The SMILES string of the molecule is C(=C\c1cc(OC2CCCCO2)cc(OC2CCCCO2)c1)/c1ccc(COC2CCCCO2)cc1. The molecule has 3 atom stereocenters. The van der Waals surface area contributed by atoms with Crippen LogP contribution in [0.5, 0.6) is 11.5 Å². The van der Waals surface area contributed by atoms with Crippen LogP contribution < -0.4 is 9.47 Å². The highest BCUT2D eigenvalue weighted by Crippen LogP contribution is 2.29. The molecule has 3 saturated heterocycles. The molecule has 2 aromatic rings. The van der Waals surface area contributed by atoms with Crippen molar-refractivity contribution in [2.75, 3.05) is 19.8 Å². The minimum Gasteiger partial charge on any atom is -0.465 e. The van der Waals surface area contributed by atoms with E-state index in [-0.39, 0.29) is 18.9 Å². The van der Waals surface area contributed by atoms with Crippen molar-refractivity contribution in [2.45, 2.75) is 83.3 Å². The average Bonchev–Trinajstić information content (AvgIpc) is 2.93. The van der Waals surface area contributed by atoms with Gasteiger partial charge in [0, 0.05) is 25.5 Å². The fourth-order valence-electron chi connectivity index (χ4n) is 4.69. The lowest BCUT2D eigenvalue weighted by molar-refractivity contribution is -0.168. The first-order valence-corrected chi connectivity index (χ1v) is 13.5. The molecular weight excluding hydrogens is 456 g/mol. The predicted octanol–water partition coefficient (Wildman–Crippen LogP) is 6.71. The standard InChI is InChI=1S/C30H38O6/c1-4-16-31-28(7-1)34-22-24-13-10-23(11-14-24)12-15-25-19-26(35-29-8-2-5-17-32-29)21-27(20-25)36-30-9-3-6-18-33-30/h10-15,19-21,28-30H,1-9,16-18,22H2/b15-12+. The fraction of sp³-hybridized carbons (Fsp3) is 0.533. The second-order valence-corrected chi connectivity index (χ2v) is 9.75. The van der Waals surface area contributed by atoms with Gasteiger partial charge in [0.1, 0.15) is 11.5 Å². The van der Waals surface area contributed by atoms with E-state index in [1.54, 1.807) is 0 Å². The summed E-state index contributed by atoms with van der Waals surface area (Å²) >= 11 is 0. The van der Waals surface area contributed by atoms with Gasteiger partial charge < -0.3 is 28.4 Å². The van der Waals surface area contributed by atoms with Crippen LogP contribution in [-0.2, 0) is 25.6 Å². The fourth-order valence-corrected chi connectivity index (χ4v) is 4.69. The molecule has 0 bridgehead atoms. The van der Waals surface area contributed by atoms with Crippen LogP contribution >= 0.6 is 0 Å². The summed E-state index contributed by atoms with van der Waals surface area (Å²) < 4.78 is 35.5. The highest BCUT2D eigenvalue weighted by Gasteiger charge is 2.19. The lowest BCUT2D eigenvalue weighted by Gasteiger charge is -2.25. The summed E-state index contributed by atoms with van der Waals surface area (Å²) in [7, 11) is 0. The van der Waals surface area contributed by atoms with E-state index in [9.17, 15) is 0 Å². The highest BCUT2D eigenvalue weighted by atomic mass is 16.7. The van der Waals surface area contributed by atoms with Gasteiger partial charge in [-0.05, 0) is 73.8 Å². The van der Waals surface area contributed by atoms with Crippen LogP contribution in [0.4, 0.5) is 0 Å². The van der Waals surface area contributed by atoms with E-state index in [0.717, 1.165) is 99.4 Å². The van der Waals surface area contributed by atoms with Crippen molar-refractivity contribution in [2.24, 2.45) is 0 Å². The minimum absolute atomic E-state index is 0.0674. The van der Waals surface area contributed by atoms with Gasteiger partial charge in [0.25, 0.3) is 0 Å². The molecule has 3 unspecified atom stereocenters. The molecule has 0 N–H and O–H groups in total. The quantitative estimate of drug-likeness (QED) is 0.361. The molecule has 3 aliphatic rings.